The Kier molecular flexibility index (Phi) is 5.33. The third-order valence-corrected chi connectivity index (χ3v) is 4.31. The van der Waals surface area contributed by atoms with Crippen LogP contribution in [-0.4, -0.2) is 43.8 Å². The second-order valence-electron chi connectivity index (χ2n) is 3.91. The highest BCUT2D eigenvalue weighted by atomic mass is 32.2. The highest BCUT2D eigenvalue weighted by Gasteiger charge is 2.33. The summed E-state index contributed by atoms with van der Waals surface area (Å²) >= 11 is 0. The van der Waals surface area contributed by atoms with Gasteiger partial charge in [-0.2, -0.15) is 8.70 Å². The highest BCUT2D eigenvalue weighted by molar-refractivity contribution is 7.89. The van der Waals surface area contributed by atoms with Gasteiger partial charge >= 0.3 is 11.7 Å². The quantitative estimate of drug-likeness (QED) is 0.438. The molecule has 0 heterocycles. The number of likely N-dealkylation sites (N-methyl/N-ethyl adjacent to an activating group) is 1. The van der Waals surface area contributed by atoms with E-state index < -0.39 is 43.9 Å². The van der Waals surface area contributed by atoms with Crippen molar-refractivity contribution in [2.75, 3.05) is 20.2 Å². The molecule has 116 valence electrons. The zero-order valence-corrected chi connectivity index (χ0v) is 12.1. The molecule has 0 unspecified atom stereocenters. The van der Waals surface area contributed by atoms with E-state index in [9.17, 15) is 27.7 Å². The lowest BCUT2D eigenvalue weighted by Crippen LogP contribution is -2.33. The third-order valence-electron chi connectivity index (χ3n) is 2.48. The molecule has 0 aliphatic heterocycles. The summed E-state index contributed by atoms with van der Waals surface area (Å²) in [6.45, 7) is 0.973. The van der Waals surface area contributed by atoms with Gasteiger partial charge in [0.05, 0.1) is 11.5 Å². The number of carbonyl (C=O) groups excluding carboxylic acids is 1. The number of rotatable bonds is 6. The zero-order valence-electron chi connectivity index (χ0n) is 11.3. The number of para-hydroxylation sites is 1. The number of carbonyl (C=O) groups is 1. The second-order valence-corrected chi connectivity index (χ2v) is 5.92. The third kappa shape index (κ3) is 3.73. The average molecular weight is 320 g/mol. The Balaban J connectivity index is 3.23. The number of ether oxygens (including phenoxy) is 1. The molecule has 0 atom stereocenters. The van der Waals surface area contributed by atoms with E-state index in [1.54, 1.807) is 6.92 Å². The van der Waals surface area contributed by atoms with E-state index in [-0.39, 0.29) is 6.61 Å². The van der Waals surface area contributed by atoms with Crippen molar-refractivity contribution < 1.29 is 27.3 Å². The van der Waals surface area contributed by atoms with Crippen molar-refractivity contribution in [2.45, 2.75) is 11.8 Å². The minimum atomic E-state index is -4.40. The molecular weight excluding hydrogens is 307 g/mol. The van der Waals surface area contributed by atoms with Crippen molar-refractivity contribution in [3.05, 3.63) is 34.1 Å². The van der Waals surface area contributed by atoms with Gasteiger partial charge in [-0.15, -0.1) is 0 Å². The molecule has 0 saturated carbocycles. The maximum absolute atomic E-state index is 13.5. The fourth-order valence-electron chi connectivity index (χ4n) is 1.52. The zero-order chi connectivity index (χ0) is 16.2. The van der Waals surface area contributed by atoms with Crippen LogP contribution < -0.4 is 0 Å². The fraction of sp³-hybridized carbons (Fsp3) is 0.364. The Morgan fingerprint density at radius 2 is 2.10 bits per heavy atom. The summed E-state index contributed by atoms with van der Waals surface area (Å²) in [6, 6.07) is 2.72. The Morgan fingerprint density at radius 3 is 2.62 bits per heavy atom. The van der Waals surface area contributed by atoms with E-state index in [0.717, 1.165) is 25.2 Å². The Hall–Kier alpha value is -2.07. The van der Waals surface area contributed by atoms with Gasteiger partial charge in [-0.25, -0.2) is 8.42 Å². The van der Waals surface area contributed by atoms with Crippen molar-refractivity contribution in [3.8, 4) is 0 Å². The van der Waals surface area contributed by atoms with Crippen molar-refractivity contribution in [1.29, 1.82) is 0 Å². The number of sulfonamides is 1. The van der Waals surface area contributed by atoms with Gasteiger partial charge in [-0.1, -0.05) is 6.07 Å². The summed E-state index contributed by atoms with van der Waals surface area (Å²) < 4.78 is 43.0. The van der Waals surface area contributed by atoms with Crippen LogP contribution in [0.2, 0.25) is 0 Å². The predicted molar refractivity (Wildman–Crippen MR) is 69.5 cm³/mol. The first kappa shape index (κ1) is 17.0. The largest absolute Gasteiger partial charge is 0.465 e. The second kappa shape index (κ2) is 6.59. The van der Waals surface area contributed by atoms with Gasteiger partial charge in [-0.3, -0.25) is 14.9 Å². The molecule has 0 amide bonds. The van der Waals surface area contributed by atoms with Crippen LogP contribution in [0.1, 0.15) is 6.92 Å². The van der Waals surface area contributed by atoms with Crippen LogP contribution in [-0.2, 0) is 19.6 Å². The van der Waals surface area contributed by atoms with Crippen LogP contribution in [0, 0.1) is 15.9 Å². The molecule has 1 rings (SSSR count). The molecule has 0 N–H and O–H groups in total. The number of nitrogens with zero attached hydrogens (tertiary/aromatic N) is 2. The Labute approximate surface area is 120 Å². The highest BCUT2D eigenvalue weighted by Crippen LogP contribution is 2.28. The van der Waals surface area contributed by atoms with Crippen LogP contribution in [0.25, 0.3) is 0 Å². The summed E-state index contributed by atoms with van der Waals surface area (Å²) in [5, 5.41) is 10.8. The summed E-state index contributed by atoms with van der Waals surface area (Å²) in [7, 11) is -3.36. The lowest BCUT2D eigenvalue weighted by atomic mass is 10.3. The summed E-state index contributed by atoms with van der Waals surface area (Å²) in [5.74, 6) is -2.09. The minimum Gasteiger partial charge on any atom is -0.465 e. The van der Waals surface area contributed by atoms with E-state index in [2.05, 4.69) is 4.74 Å². The topological polar surface area (TPSA) is 107 Å². The van der Waals surface area contributed by atoms with Crippen LogP contribution in [0.4, 0.5) is 10.1 Å². The van der Waals surface area contributed by atoms with Crippen LogP contribution in [0.3, 0.4) is 0 Å². The number of benzene rings is 1. The first-order chi connectivity index (χ1) is 9.71. The molecule has 0 aliphatic carbocycles. The molecule has 10 heteroatoms. The van der Waals surface area contributed by atoms with Gasteiger partial charge in [0, 0.05) is 7.05 Å². The number of nitro groups is 1. The Bertz CT molecular complexity index is 661. The van der Waals surface area contributed by atoms with E-state index in [4.69, 9.17) is 0 Å². The van der Waals surface area contributed by atoms with Gasteiger partial charge in [0.1, 0.15) is 6.54 Å². The maximum Gasteiger partial charge on any atom is 0.324 e. The van der Waals surface area contributed by atoms with Gasteiger partial charge < -0.3 is 4.74 Å². The molecule has 0 radical (unpaired) electrons. The molecule has 21 heavy (non-hydrogen) atoms. The van der Waals surface area contributed by atoms with Gasteiger partial charge in [0.2, 0.25) is 15.8 Å². The van der Waals surface area contributed by atoms with Crippen molar-refractivity contribution in [2.24, 2.45) is 0 Å². The van der Waals surface area contributed by atoms with E-state index in [1.807, 2.05) is 0 Å². The molecule has 0 saturated heterocycles. The van der Waals surface area contributed by atoms with Crippen molar-refractivity contribution in [1.82, 2.24) is 4.31 Å². The minimum absolute atomic E-state index is 0.0623. The van der Waals surface area contributed by atoms with Crippen molar-refractivity contribution in [3.63, 3.8) is 0 Å². The number of halogens is 1. The SMILES string of the molecule is CCOC(=O)CN(C)S(=O)(=O)c1cccc(F)c1[N+](=O)[O-]. The van der Waals surface area contributed by atoms with Crippen LogP contribution in [0.15, 0.2) is 23.1 Å². The molecule has 0 spiro atoms. The summed E-state index contributed by atoms with van der Waals surface area (Å²) in [4.78, 5) is 20.2. The number of nitro benzene ring substituents is 1. The summed E-state index contributed by atoms with van der Waals surface area (Å²) in [6.07, 6.45) is 0. The number of hydrogen-bond acceptors (Lipinski definition) is 6. The normalized spacial score (nSPS) is 11.4. The molecule has 0 bridgehead atoms. The fourth-order valence-corrected chi connectivity index (χ4v) is 2.80. The standard InChI is InChI=1S/C11H13FN2O6S/c1-3-20-10(15)7-13(2)21(18,19)9-6-4-5-8(12)11(9)14(16)17/h4-6H,3,7H2,1-2H3. The van der Waals surface area contributed by atoms with E-state index in [0.29, 0.717) is 4.31 Å². The molecule has 8 nitrogen and oxygen atoms in total. The first-order valence-electron chi connectivity index (χ1n) is 5.76. The number of hydrogen-bond donors (Lipinski definition) is 0. The van der Waals surface area contributed by atoms with Gasteiger partial charge in [-0.05, 0) is 19.1 Å². The van der Waals surface area contributed by atoms with Gasteiger partial charge in [0.25, 0.3) is 0 Å². The van der Waals surface area contributed by atoms with Gasteiger partial charge in [0.15, 0.2) is 4.90 Å². The first-order valence-corrected chi connectivity index (χ1v) is 7.20. The summed E-state index contributed by atoms with van der Waals surface area (Å²) in [5.41, 5.74) is -1.16. The monoisotopic (exact) mass is 320 g/mol. The average Bonchev–Trinajstić information content (AvgIpc) is 2.37. The van der Waals surface area contributed by atoms with Crippen LogP contribution >= 0.6 is 0 Å². The maximum atomic E-state index is 13.5. The smallest absolute Gasteiger partial charge is 0.324 e. The molecular formula is C11H13FN2O6S. The molecule has 1 aromatic rings. The van der Waals surface area contributed by atoms with Crippen LogP contribution in [0.5, 0.6) is 0 Å². The van der Waals surface area contributed by atoms with Crippen molar-refractivity contribution >= 4 is 21.7 Å². The lowest BCUT2D eigenvalue weighted by molar-refractivity contribution is -0.390. The molecule has 0 aromatic heterocycles. The molecule has 0 fully saturated rings. The molecule has 1 aromatic carbocycles. The lowest BCUT2D eigenvalue weighted by Gasteiger charge is -2.16. The predicted octanol–water partition coefficient (Wildman–Crippen LogP) is 0.917. The van der Waals surface area contributed by atoms with E-state index in [1.165, 1.54) is 0 Å². The molecule has 0 aliphatic rings. The Morgan fingerprint density at radius 1 is 1.48 bits per heavy atom. The number of esters is 1. The van der Waals surface area contributed by atoms with E-state index >= 15 is 0 Å².